The molecule has 0 aromatic carbocycles. The molecule has 2 heterocycles. The van der Waals surface area contributed by atoms with E-state index in [1.165, 1.54) is 0 Å². The predicted molar refractivity (Wildman–Crippen MR) is 108 cm³/mol. The first-order chi connectivity index (χ1) is 13.8. The number of amides is 1. The zero-order valence-electron chi connectivity index (χ0n) is 18.0. The molecule has 3 rings (SSSR count). The molecular weight excluding hydrogens is 372 g/mol. The first-order valence-corrected chi connectivity index (χ1v) is 10.6. The third-order valence-electron chi connectivity index (χ3n) is 6.23. The lowest BCUT2D eigenvalue weighted by molar-refractivity contribution is -0.139. The number of carbonyl (C=O) groups excluding carboxylic acids is 3. The highest BCUT2D eigenvalue weighted by atomic mass is 16.5. The SMILES string of the molecule is CCOC(=O)c1c(C)c(C(=O)CN(CC2CCCO2)C(=O)C2CCC2)c(C)n1C. The number of ketones is 1. The molecule has 7 heteroatoms. The van der Waals surface area contributed by atoms with Crippen LogP contribution in [0.25, 0.3) is 0 Å². The van der Waals surface area contributed by atoms with E-state index < -0.39 is 5.97 Å². The van der Waals surface area contributed by atoms with Crippen LogP contribution in [-0.2, 0) is 21.3 Å². The molecule has 1 aromatic heterocycles. The zero-order valence-corrected chi connectivity index (χ0v) is 18.0. The van der Waals surface area contributed by atoms with E-state index in [0.29, 0.717) is 35.7 Å². The number of Topliss-reactive ketones (excluding diaryl/α,β-unsaturated/α-hetero) is 1. The van der Waals surface area contributed by atoms with Crippen LogP contribution < -0.4 is 0 Å². The zero-order chi connectivity index (χ0) is 21.1. The van der Waals surface area contributed by atoms with Crippen LogP contribution in [0, 0.1) is 19.8 Å². The number of carbonyl (C=O) groups is 3. The maximum absolute atomic E-state index is 13.2. The molecule has 1 saturated carbocycles. The molecule has 0 spiro atoms. The summed E-state index contributed by atoms with van der Waals surface area (Å²) in [5, 5.41) is 0. The Balaban J connectivity index is 1.82. The largest absolute Gasteiger partial charge is 0.461 e. The van der Waals surface area contributed by atoms with E-state index in [9.17, 15) is 14.4 Å². The van der Waals surface area contributed by atoms with Gasteiger partial charge >= 0.3 is 5.97 Å². The number of esters is 1. The highest BCUT2D eigenvalue weighted by Crippen LogP contribution is 2.29. The van der Waals surface area contributed by atoms with E-state index in [4.69, 9.17) is 9.47 Å². The van der Waals surface area contributed by atoms with E-state index in [1.54, 1.807) is 30.4 Å². The summed E-state index contributed by atoms with van der Waals surface area (Å²) in [5.74, 6) is -0.498. The van der Waals surface area contributed by atoms with Gasteiger partial charge in [-0.3, -0.25) is 9.59 Å². The van der Waals surface area contributed by atoms with Crippen molar-refractivity contribution in [3.05, 3.63) is 22.5 Å². The molecule has 1 amide bonds. The summed E-state index contributed by atoms with van der Waals surface area (Å²) in [6, 6.07) is 0. The molecule has 0 N–H and O–H groups in total. The number of nitrogens with zero attached hydrogens (tertiary/aromatic N) is 2. The second kappa shape index (κ2) is 9.11. The fraction of sp³-hybridized carbons (Fsp3) is 0.682. The Morgan fingerprint density at radius 1 is 1.17 bits per heavy atom. The molecule has 7 nitrogen and oxygen atoms in total. The minimum absolute atomic E-state index is 0.000105. The van der Waals surface area contributed by atoms with Crippen LogP contribution in [0.4, 0.5) is 0 Å². The molecule has 1 aromatic rings. The summed E-state index contributed by atoms with van der Waals surface area (Å²) in [5.41, 5.74) is 2.23. The summed E-state index contributed by atoms with van der Waals surface area (Å²) in [7, 11) is 1.76. The summed E-state index contributed by atoms with van der Waals surface area (Å²) in [6.45, 7) is 6.80. The van der Waals surface area contributed by atoms with Gasteiger partial charge in [0.25, 0.3) is 0 Å². The quantitative estimate of drug-likeness (QED) is 0.492. The van der Waals surface area contributed by atoms with Gasteiger partial charge in [-0.05, 0) is 52.0 Å². The van der Waals surface area contributed by atoms with Gasteiger partial charge in [-0.15, -0.1) is 0 Å². The monoisotopic (exact) mass is 404 g/mol. The number of ether oxygens (including phenoxy) is 2. The highest BCUT2D eigenvalue weighted by Gasteiger charge is 2.34. The Morgan fingerprint density at radius 3 is 2.45 bits per heavy atom. The van der Waals surface area contributed by atoms with Gasteiger partial charge in [0, 0.05) is 37.4 Å². The van der Waals surface area contributed by atoms with Crippen molar-refractivity contribution in [1.29, 1.82) is 0 Å². The molecule has 1 aliphatic heterocycles. The standard InChI is InChI=1S/C22H32N2O5/c1-5-28-22(27)20-14(2)19(15(3)23(20)4)18(25)13-24(12-17-10-7-11-29-17)21(26)16-8-6-9-16/h16-17H,5-13H2,1-4H3. The van der Waals surface area contributed by atoms with Crippen LogP contribution in [0.1, 0.15) is 71.1 Å². The minimum Gasteiger partial charge on any atom is -0.461 e. The van der Waals surface area contributed by atoms with Crippen molar-refractivity contribution in [2.75, 3.05) is 26.3 Å². The number of hydrogen-bond donors (Lipinski definition) is 0. The molecular formula is C22H32N2O5. The van der Waals surface area contributed by atoms with E-state index in [1.807, 2.05) is 6.92 Å². The molecule has 1 saturated heterocycles. The lowest BCUT2D eigenvalue weighted by atomic mass is 9.84. The maximum atomic E-state index is 13.2. The minimum atomic E-state index is -0.434. The average Bonchev–Trinajstić information content (AvgIpc) is 3.20. The van der Waals surface area contributed by atoms with Crippen LogP contribution in [0.5, 0.6) is 0 Å². The first-order valence-electron chi connectivity index (χ1n) is 10.6. The lowest BCUT2D eigenvalue weighted by Crippen LogP contribution is -2.45. The Bertz CT molecular complexity index is 788. The van der Waals surface area contributed by atoms with Gasteiger partial charge in [0.15, 0.2) is 5.78 Å². The Labute approximate surface area is 172 Å². The van der Waals surface area contributed by atoms with Crippen molar-refractivity contribution in [2.24, 2.45) is 13.0 Å². The maximum Gasteiger partial charge on any atom is 0.355 e. The van der Waals surface area contributed by atoms with E-state index >= 15 is 0 Å². The third kappa shape index (κ3) is 4.39. The average molecular weight is 405 g/mol. The van der Waals surface area contributed by atoms with Gasteiger partial charge in [-0.1, -0.05) is 6.42 Å². The van der Waals surface area contributed by atoms with Crippen molar-refractivity contribution >= 4 is 17.7 Å². The van der Waals surface area contributed by atoms with Crippen LogP contribution in [0.15, 0.2) is 0 Å². The number of hydrogen-bond acceptors (Lipinski definition) is 5. The third-order valence-corrected chi connectivity index (χ3v) is 6.23. The normalized spacial score (nSPS) is 19.1. The number of aromatic nitrogens is 1. The second-order valence-electron chi connectivity index (χ2n) is 8.12. The Morgan fingerprint density at radius 2 is 1.90 bits per heavy atom. The first kappa shape index (κ1) is 21.6. The van der Waals surface area contributed by atoms with Crippen molar-refractivity contribution in [1.82, 2.24) is 9.47 Å². The highest BCUT2D eigenvalue weighted by molar-refractivity contribution is 6.04. The van der Waals surface area contributed by atoms with Crippen molar-refractivity contribution in [3.63, 3.8) is 0 Å². The van der Waals surface area contributed by atoms with Gasteiger partial charge in [0.2, 0.25) is 5.91 Å². The van der Waals surface area contributed by atoms with Crippen LogP contribution in [-0.4, -0.2) is 59.5 Å². The van der Waals surface area contributed by atoms with E-state index in [2.05, 4.69) is 0 Å². The summed E-state index contributed by atoms with van der Waals surface area (Å²) < 4.78 is 12.6. The lowest BCUT2D eigenvalue weighted by Gasteiger charge is -2.32. The van der Waals surface area contributed by atoms with Gasteiger partial charge in [0.1, 0.15) is 5.69 Å². The summed E-state index contributed by atoms with van der Waals surface area (Å²) in [6.07, 6.45) is 4.76. The van der Waals surface area contributed by atoms with Gasteiger partial charge < -0.3 is 18.9 Å². The topological polar surface area (TPSA) is 77.8 Å². The van der Waals surface area contributed by atoms with Crippen LogP contribution in [0.2, 0.25) is 0 Å². The summed E-state index contributed by atoms with van der Waals surface area (Å²) in [4.78, 5) is 40.2. The fourth-order valence-corrected chi connectivity index (χ4v) is 4.31. The summed E-state index contributed by atoms with van der Waals surface area (Å²) >= 11 is 0. The van der Waals surface area contributed by atoms with E-state index in [0.717, 1.165) is 32.1 Å². The van der Waals surface area contributed by atoms with Crippen LogP contribution in [0.3, 0.4) is 0 Å². The van der Waals surface area contributed by atoms with Gasteiger partial charge in [-0.2, -0.15) is 0 Å². The Kier molecular flexibility index (Phi) is 6.77. The Hall–Kier alpha value is -2.15. The smallest absolute Gasteiger partial charge is 0.355 e. The molecule has 1 aliphatic carbocycles. The fourth-order valence-electron chi connectivity index (χ4n) is 4.31. The molecule has 0 radical (unpaired) electrons. The molecule has 1 unspecified atom stereocenters. The van der Waals surface area contributed by atoms with Gasteiger partial charge in [-0.25, -0.2) is 4.79 Å². The molecule has 2 aliphatic rings. The van der Waals surface area contributed by atoms with Gasteiger partial charge in [0.05, 0.1) is 19.3 Å². The van der Waals surface area contributed by atoms with E-state index in [-0.39, 0.29) is 36.9 Å². The van der Waals surface area contributed by atoms with Crippen molar-refractivity contribution in [3.8, 4) is 0 Å². The molecule has 0 bridgehead atoms. The molecule has 29 heavy (non-hydrogen) atoms. The van der Waals surface area contributed by atoms with Crippen molar-refractivity contribution < 1.29 is 23.9 Å². The van der Waals surface area contributed by atoms with Crippen molar-refractivity contribution in [2.45, 2.75) is 59.0 Å². The molecule has 160 valence electrons. The predicted octanol–water partition coefficient (Wildman–Crippen LogP) is 2.81. The number of rotatable bonds is 8. The molecule has 1 atom stereocenters. The van der Waals surface area contributed by atoms with Crippen LogP contribution >= 0.6 is 0 Å². The molecule has 2 fully saturated rings. The second-order valence-corrected chi connectivity index (χ2v) is 8.12.